The van der Waals surface area contributed by atoms with Crippen LogP contribution >= 0.6 is 11.6 Å². The van der Waals surface area contributed by atoms with Gasteiger partial charge in [0.25, 0.3) is 0 Å². The molecular weight excluding hydrogens is 332 g/mol. The second-order valence-electron chi connectivity index (χ2n) is 6.40. The highest BCUT2D eigenvalue weighted by molar-refractivity contribution is 6.31. The van der Waals surface area contributed by atoms with E-state index in [0.717, 1.165) is 35.1 Å². The third-order valence-electron chi connectivity index (χ3n) is 4.35. The van der Waals surface area contributed by atoms with Crippen LogP contribution < -0.4 is 5.32 Å². The first-order valence-electron chi connectivity index (χ1n) is 8.76. The van der Waals surface area contributed by atoms with Gasteiger partial charge >= 0.3 is 0 Å². The van der Waals surface area contributed by atoms with E-state index >= 15 is 0 Å². The number of hydrogen-bond donors (Lipinski definition) is 2. The first-order chi connectivity index (χ1) is 12.1. The van der Waals surface area contributed by atoms with E-state index in [1.54, 1.807) is 0 Å². The van der Waals surface area contributed by atoms with E-state index in [4.69, 9.17) is 11.6 Å². The number of H-pyrrole nitrogens is 1. The van der Waals surface area contributed by atoms with Gasteiger partial charge in [-0.05, 0) is 37.6 Å². The molecule has 3 rings (SSSR count). The maximum Gasteiger partial charge on any atom is 0.211 e. The third kappa shape index (κ3) is 3.88. The molecule has 3 aromatic rings. The normalized spacial score (nSPS) is 11.0. The number of benzene rings is 2. The number of fused-ring (bicyclic) bond motifs is 1. The van der Waals surface area contributed by atoms with Gasteiger partial charge in [0.15, 0.2) is 0 Å². The zero-order chi connectivity index (χ0) is 17.8. The monoisotopic (exact) mass is 354 g/mol. The Morgan fingerprint density at radius 1 is 1.16 bits per heavy atom. The topological polar surface area (TPSA) is 44.9 Å². The summed E-state index contributed by atoms with van der Waals surface area (Å²) in [5.74, 6) is -0.00554. The van der Waals surface area contributed by atoms with Crippen LogP contribution in [0.1, 0.15) is 47.8 Å². The minimum atomic E-state index is -0.00554. The van der Waals surface area contributed by atoms with Gasteiger partial charge in [-0.25, -0.2) is 0 Å². The van der Waals surface area contributed by atoms with Crippen LogP contribution in [0.3, 0.4) is 0 Å². The Morgan fingerprint density at radius 2 is 2.00 bits per heavy atom. The van der Waals surface area contributed by atoms with Gasteiger partial charge in [-0.15, -0.1) is 0 Å². The molecule has 0 radical (unpaired) electrons. The number of carbonyl (C=O) groups is 1. The summed E-state index contributed by atoms with van der Waals surface area (Å²) in [4.78, 5) is 16.3. The standard InChI is InChI=1S/C21H23ClN2O/c1-3-4-5-11-23-19-17-10-9-16(22)13-18(17)24-20(19)21(25)15-8-6-7-14(2)12-15/h6-10,12-13,23-24H,3-5,11H2,1-2H3. The number of rotatable bonds is 7. The highest BCUT2D eigenvalue weighted by Crippen LogP contribution is 2.31. The molecule has 1 aromatic heterocycles. The van der Waals surface area contributed by atoms with Gasteiger partial charge < -0.3 is 10.3 Å². The zero-order valence-corrected chi connectivity index (χ0v) is 15.4. The van der Waals surface area contributed by atoms with Gasteiger partial charge in [0.05, 0.1) is 5.69 Å². The van der Waals surface area contributed by atoms with Crippen molar-refractivity contribution in [2.24, 2.45) is 0 Å². The van der Waals surface area contributed by atoms with E-state index in [1.807, 2.05) is 49.4 Å². The van der Waals surface area contributed by atoms with Gasteiger partial charge in [-0.3, -0.25) is 4.79 Å². The van der Waals surface area contributed by atoms with E-state index in [-0.39, 0.29) is 5.78 Å². The molecule has 0 aliphatic rings. The van der Waals surface area contributed by atoms with Crippen LogP contribution in [0.2, 0.25) is 5.02 Å². The Hall–Kier alpha value is -2.26. The van der Waals surface area contributed by atoms with Crippen molar-refractivity contribution in [3.8, 4) is 0 Å². The fourth-order valence-corrected chi connectivity index (χ4v) is 3.21. The lowest BCUT2D eigenvalue weighted by Crippen LogP contribution is -2.08. The van der Waals surface area contributed by atoms with E-state index in [9.17, 15) is 4.79 Å². The summed E-state index contributed by atoms with van der Waals surface area (Å²) in [5, 5.41) is 5.11. The number of unbranched alkanes of at least 4 members (excludes halogenated alkanes) is 2. The zero-order valence-electron chi connectivity index (χ0n) is 14.7. The summed E-state index contributed by atoms with van der Waals surface area (Å²) in [7, 11) is 0. The number of ketones is 1. The Kier molecular flexibility index (Phi) is 5.44. The van der Waals surface area contributed by atoms with Gasteiger partial charge in [0.1, 0.15) is 5.69 Å². The van der Waals surface area contributed by atoms with E-state index < -0.39 is 0 Å². The second kappa shape index (κ2) is 7.75. The molecule has 4 heteroatoms. The average molecular weight is 355 g/mol. The predicted molar refractivity (Wildman–Crippen MR) is 106 cm³/mol. The quantitative estimate of drug-likeness (QED) is 0.406. The molecule has 0 spiro atoms. The van der Waals surface area contributed by atoms with Crippen LogP contribution in [0.4, 0.5) is 5.69 Å². The molecule has 2 aromatic carbocycles. The number of aromatic amines is 1. The van der Waals surface area contributed by atoms with E-state index in [0.29, 0.717) is 16.3 Å². The number of halogens is 1. The largest absolute Gasteiger partial charge is 0.383 e. The Morgan fingerprint density at radius 3 is 2.76 bits per heavy atom. The molecule has 0 atom stereocenters. The number of aryl methyl sites for hydroxylation is 1. The first-order valence-corrected chi connectivity index (χ1v) is 9.14. The van der Waals surface area contributed by atoms with Crippen LogP contribution in [-0.4, -0.2) is 17.3 Å². The number of hydrogen-bond acceptors (Lipinski definition) is 2. The maximum absolute atomic E-state index is 13.1. The second-order valence-corrected chi connectivity index (χ2v) is 6.83. The molecule has 2 N–H and O–H groups in total. The van der Waals surface area contributed by atoms with Crippen molar-refractivity contribution in [3.63, 3.8) is 0 Å². The molecule has 0 fully saturated rings. The molecule has 3 nitrogen and oxygen atoms in total. The van der Waals surface area contributed by atoms with Crippen LogP contribution in [0.25, 0.3) is 10.9 Å². The van der Waals surface area contributed by atoms with Gasteiger partial charge in [0.2, 0.25) is 5.78 Å². The fourth-order valence-electron chi connectivity index (χ4n) is 3.04. The summed E-state index contributed by atoms with van der Waals surface area (Å²) < 4.78 is 0. The van der Waals surface area contributed by atoms with Crippen LogP contribution in [-0.2, 0) is 0 Å². The number of aromatic nitrogens is 1. The lowest BCUT2D eigenvalue weighted by molar-refractivity contribution is 0.103. The third-order valence-corrected chi connectivity index (χ3v) is 4.59. The number of anilines is 1. The fraction of sp³-hybridized carbons (Fsp3) is 0.286. The average Bonchev–Trinajstić information content (AvgIpc) is 2.95. The molecule has 0 saturated heterocycles. The molecule has 0 bridgehead atoms. The van der Waals surface area contributed by atoms with Gasteiger partial charge in [0, 0.05) is 28.0 Å². The van der Waals surface area contributed by atoms with Crippen molar-refractivity contribution >= 4 is 34.0 Å². The van der Waals surface area contributed by atoms with Gasteiger partial charge in [-0.2, -0.15) is 0 Å². The molecule has 0 aliphatic carbocycles. The molecule has 0 unspecified atom stereocenters. The lowest BCUT2D eigenvalue weighted by Gasteiger charge is -2.08. The summed E-state index contributed by atoms with van der Waals surface area (Å²) in [6, 6.07) is 13.4. The molecule has 0 saturated carbocycles. The molecular formula is C21H23ClN2O. The molecule has 0 amide bonds. The summed E-state index contributed by atoms with van der Waals surface area (Å²) in [6.07, 6.45) is 3.41. The van der Waals surface area contributed by atoms with Crippen molar-refractivity contribution in [1.29, 1.82) is 0 Å². The highest BCUT2D eigenvalue weighted by Gasteiger charge is 2.19. The summed E-state index contributed by atoms with van der Waals surface area (Å²) in [5.41, 5.74) is 4.10. The Labute approximate surface area is 153 Å². The molecule has 25 heavy (non-hydrogen) atoms. The lowest BCUT2D eigenvalue weighted by atomic mass is 10.0. The van der Waals surface area contributed by atoms with Crippen LogP contribution in [0, 0.1) is 6.92 Å². The van der Waals surface area contributed by atoms with Crippen molar-refractivity contribution in [2.45, 2.75) is 33.1 Å². The first kappa shape index (κ1) is 17.6. The minimum Gasteiger partial charge on any atom is -0.383 e. The smallest absolute Gasteiger partial charge is 0.211 e. The Balaban J connectivity index is 2.01. The summed E-state index contributed by atoms with van der Waals surface area (Å²) >= 11 is 6.12. The maximum atomic E-state index is 13.1. The van der Waals surface area contributed by atoms with Crippen LogP contribution in [0.5, 0.6) is 0 Å². The molecule has 130 valence electrons. The molecule has 0 aliphatic heterocycles. The minimum absolute atomic E-state index is 0.00554. The van der Waals surface area contributed by atoms with Crippen LogP contribution in [0.15, 0.2) is 42.5 Å². The predicted octanol–water partition coefficient (Wildman–Crippen LogP) is 5.96. The number of carbonyl (C=O) groups excluding carboxylic acids is 1. The number of nitrogens with one attached hydrogen (secondary N) is 2. The Bertz CT molecular complexity index is 898. The van der Waals surface area contributed by atoms with Crippen molar-refractivity contribution in [1.82, 2.24) is 4.98 Å². The van der Waals surface area contributed by atoms with Crippen molar-refractivity contribution in [3.05, 3.63) is 64.3 Å². The van der Waals surface area contributed by atoms with Crippen molar-refractivity contribution < 1.29 is 4.79 Å². The SMILES string of the molecule is CCCCCNc1c(C(=O)c2cccc(C)c2)[nH]c2cc(Cl)ccc12. The summed E-state index contributed by atoms with van der Waals surface area (Å²) in [6.45, 7) is 5.02. The van der Waals surface area contributed by atoms with Gasteiger partial charge in [-0.1, -0.05) is 55.1 Å². The van der Waals surface area contributed by atoms with E-state index in [1.165, 1.54) is 12.8 Å². The molecule has 1 heterocycles. The van der Waals surface area contributed by atoms with E-state index in [2.05, 4.69) is 17.2 Å². The van der Waals surface area contributed by atoms with Crippen molar-refractivity contribution in [2.75, 3.05) is 11.9 Å². The highest BCUT2D eigenvalue weighted by atomic mass is 35.5.